The molecule has 2 rings (SSSR count). The minimum absolute atomic E-state index is 0.0163. The lowest BCUT2D eigenvalue weighted by Crippen LogP contribution is -2.48. The lowest BCUT2D eigenvalue weighted by Gasteiger charge is -2.37. The molecule has 16 heavy (non-hydrogen) atoms. The summed E-state index contributed by atoms with van der Waals surface area (Å²) >= 11 is 2.07. The summed E-state index contributed by atoms with van der Waals surface area (Å²) in [5.74, 6) is 0.466. The molecule has 5 unspecified atom stereocenters. The summed E-state index contributed by atoms with van der Waals surface area (Å²) in [6.45, 7) is 4.31. The standard InChI is InChI=1S/C12H23N3S/c1-6-3-4-10(16-6)8-5-9(13)7(2)11(14)12(8)15/h6,8-10,12H,3-5,13-15H2,1-2H3. The zero-order valence-electron chi connectivity index (χ0n) is 10.1. The Bertz CT molecular complexity index is 303. The monoisotopic (exact) mass is 241 g/mol. The van der Waals surface area contributed by atoms with Gasteiger partial charge in [0.15, 0.2) is 0 Å². The Labute approximate surface area is 102 Å². The van der Waals surface area contributed by atoms with Crippen LogP contribution in [0.3, 0.4) is 0 Å². The zero-order chi connectivity index (χ0) is 11.9. The molecule has 0 aromatic heterocycles. The molecule has 1 aliphatic heterocycles. The highest BCUT2D eigenvalue weighted by molar-refractivity contribution is 8.00. The summed E-state index contributed by atoms with van der Waals surface area (Å²) in [5.41, 5.74) is 20.4. The predicted molar refractivity (Wildman–Crippen MR) is 71.0 cm³/mol. The van der Waals surface area contributed by atoms with Crippen LogP contribution in [0.25, 0.3) is 0 Å². The average molecular weight is 241 g/mol. The second-order valence-electron chi connectivity index (χ2n) is 5.23. The summed E-state index contributed by atoms with van der Waals surface area (Å²) in [6.07, 6.45) is 3.57. The van der Waals surface area contributed by atoms with E-state index in [4.69, 9.17) is 17.2 Å². The molecule has 1 heterocycles. The van der Waals surface area contributed by atoms with Gasteiger partial charge in [-0.25, -0.2) is 0 Å². The van der Waals surface area contributed by atoms with Crippen molar-refractivity contribution >= 4 is 11.8 Å². The molecule has 0 aromatic rings. The molecule has 1 aliphatic carbocycles. The molecule has 0 saturated carbocycles. The third kappa shape index (κ3) is 2.11. The van der Waals surface area contributed by atoms with Gasteiger partial charge in [0.05, 0.1) is 0 Å². The maximum Gasteiger partial charge on any atom is 0.0482 e. The predicted octanol–water partition coefficient (Wildman–Crippen LogP) is 1.18. The van der Waals surface area contributed by atoms with E-state index >= 15 is 0 Å². The minimum atomic E-state index is 0.0163. The summed E-state index contributed by atoms with van der Waals surface area (Å²) < 4.78 is 0. The zero-order valence-corrected chi connectivity index (χ0v) is 11.0. The molecular formula is C12H23N3S. The first-order chi connectivity index (χ1) is 7.50. The molecule has 6 N–H and O–H groups in total. The van der Waals surface area contributed by atoms with Gasteiger partial charge in [0, 0.05) is 28.3 Å². The van der Waals surface area contributed by atoms with E-state index in [1.807, 2.05) is 6.92 Å². The molecule has 92 valence electrons. The number of thioether (sulfide) groups is 1. The van der Waals surface area contributed by atoms with E-state index in [9.17, 15) is 0 Å². The third-order valence-electron chi connectivity index (χ3n) is 4.10. The van der Waals surface area contributed by atoms with E-state index in [0.29, 0.717) is 11.2 Å². The fourth-order valence-electron chi connectivity index (χ4n) is 2.86. The maximum absolute atomic E-state index is 6.25. The van der Waals surface area contributed by atoms with Crippen molar-refractivity contribution in [3.8, 4) is 0 Å². The van der Waals surface area contributed by atoms with Crippen LogP contribution < -0.4 is 17.2 Å². The van der Waals surface area contributed by atoms with Gasteiger partial charge in [-0.15, -0.1) is 0 Å². The first-order valence-electron chi connectivity index (χ1n) is 6.13. The van der Waals surface area contributed by atoms with Crippen molar-refractivity contribution in [3.63, 3.8) is 0 Å². The fraction of sp³-hybridized carbons (Fsp3) is 0.833. The number of nitrogens with two attached hydrogens (primary N) is 3. The minimum Gasteiger partial charge on any atom is -0.401 e. The molecule has 3 nitrogen and oxygen atoms in total. The van der Waals surface area contributed by atoms with Gasteiger partial charge in [-0.05, 0) is 37.7 Å². The Kier molecular flexibility index (Phi) is 3.52. The molecule has 1 fully saturated rings. The highest BCUT2D eigenvalue weighted by Gasteiger charge is 2.38. The highest BCUT2D eigenvalue weighted by atomic mass is 32.2. The van der Waals surface area contributed by atoms with Crippen molar-refractivity contribution in [1.82, 2.24) is 0 Å². The molecule has 5 atom stereocenters. The quantitative estimate of drug-likeness (QED) is 0.644. The molecule has 1 saturated heterocycles. The molecule has 4 heteroatoms. The van der Waals surface area contributed by atoms with Gasteiger partial charge in [0.25, 0.3) is 0 Å². The SMILES string of the molecule is CC1=C(N)C(N)C(C2CCC(C)S2)CC1N. The smallest absolute Gasteiger partial charge is 0.0482 e. The van der Waals surface area contributed by atoms with E-state index in [0.717, 1.165) is 22.9 Å². The van der Waals surface area contributed by atoms with Gasteiger partial charge in [-0.2, -0.15) is 11.8 Å². The molecule has 0 amide bonds. The Balaban J connectivity index is 2.13. The number of hydrogen-bond donors (Lipinski definition) is 3. The van der Waals surface area contributed by atoms with Gasteiger partial charge in [0.2, 0.25) is 0 Å². The Hall–Kier alpha value is -0.190. The van der Waals surface area contributed by atoms with Crippen molar-refractivity contribution in [3.05, 3.63) is 11.3 Å². The molecule has 0 bridgehead atoms. The van der Waals surface area contributed by atoms with Crippen LogP contribution in [0, 0.1) is 5.92 Å². The van der Waals surface area contributed by atoms with E-state index in [-0.39, 0.29) is 12.1 Å². The topological polar surface area (TPSA) is 78.1 Å². The largest absolute Gasteiger partial charge is 0.401 e. The van der Waals surface area contributed by atoms with Gasteiger partial charge < -0.3 is 17.2 Å². The number of rotatable bonds is 1. The molecule has 2 aliphatic rings. The van der Waals surface area contributed by atoms with Crippen LogP contribution in [0.4, 0.5) is 0 Å². The van der Waals surface area contributed by atoms with Crippen LogP contribution in [-0.2, 0) is 0 Å². The maximum atomic E-state index is 6.25. The summed E-state index contributed by atoms with van der Waals surface area (Å²) in [7, 11) is 0. The van der Waals surface area contributed by atoms with Gasteiger partial charge in [0.1, 0.15) is 0 Å². The van der Waals surface area contributed by atoms with Gasteiger partial charge in [-0.3, -0.25) is 0 Å². The van der Waals surface area contributed by atoms with Gasteiger partial charge >= 0.3 is 0 Å². The van der Waals surface area contributed by atoms with Gasteiger partial charge in [-0.1, -0.05) is 6.92 Å². The van der Waals surface area contributed by atoms with Crippen LogP contribution in [0.15, 0.2) is 11.3 Å². The second kappa shape index (κ2) is 4.59. The fourth-order valence-corrected chi connectivity index (χ4v) is 4.48. The molecule has 0 aromatic carbocycles. The van der Waals surface area contributed by atoms with Crippen molar-refractivity contribution in [2.75, 3.05) is 0 Å². The van der Waals surface area contributed by atoms with Crippen molar-refractivity contribution in [2.24, 2.45) is 23.1 Å². The van der Waals surface area contributed by atoms with Crippen molar-refractivity contribution < 1.29 is 0 Å². The Morgan fingerprint density at radius 1 is 1.25 bits per heavy atom. The van der Waals surface area contributed by atoms with Crippen LogP contribution in [0.5, 0.6) is 0 Å². The Morgan fingerprint density at radius 2 is 1.94 bits per heavy atom. The molecule has 0 radical (unpaired) electrons. The molecule has 0 spiro atoms. The van der Waals surface area contributed by atoms with Crippen LogP contribution in [0.1, 0.15) is 33.1 Å². The van der Waals surface area contributed by atoms with E-state index < -0.39 is 0 Å². The third-order valence-corrected chi connectivity index (χ3v) is 5.74. The normalized spacial score (nSPS) is 45.1. The lowest BCUT2D eigenvalue weighted by molar-refractivity contribution is 0.358. The van der Waals surface area contributed by atoms with Crippen LogP contribution in [-0.4, -0.2) is 22.6 Å². The van der Waals surface area contributed by atoms with E-state index in [2.05, 4.69) is 18.7 Å². The first-order valence-corrected chi connectivity index (χ1v) is 7.07. The van der Waals surface area contributed by atoms with E-state index in [1.54, 1.807) is 0 Å². The van der Waals surface area contributed by atoms with Crippen molar-refractivity contribution in [1.29, 1.82) is 0 Å². The van der Waals surface area contributed by atoms with Crippen molar-refractivity contribution in [2.45, 2.75) is 55.7 Å². The van der Waals surface area contributed by atoms with E-state index in [1.165, 1.54) is 12.8 Å². The lowest BCUT2D eigenvalue weighted by atomic mass is 9.78. The highest BCUT2D eigenvalue weighted by Crippen LogP contribution is 2.42. The Morgan fingerprint density at radius 3 is 2.50 bits per heavy atom. The summed E-state index contributed by atoms with van der Waals surface area (Å²) in [5, 5.41) is 1.42. The second-order valence-corrected chi connectivity index (χ2v) is 6.92. The van der Waals surface area contributed by atoms with Crippen LogP contribution >= 0.6 is 11.8 Å². The molecular weight excluding hydrogens is 218 g/mol. The first kappa shape index (κ1) is 12.3. The number of hydrogen-bond acceptors (Lipinski definition) is 4. The summed E-state index contributed by atoms with van der Waals surface area (Å²) in [6, 6.07) is 0.129. The van der Waals surface area contributed by atoms with Crippen LogP contribution in [0.2, 0.25) is 0 Å². The average Bonchev–Trinajstić information content (AvgIpc) is 2.67. The summed E-state index contributed by atoms with van der Waals surface area (Å²) in [4.78, 5) is 0.